The number of thiocarbonyl (C=S) groups is 1. The van der Waals surface area contributed by atoms with Crippen LogP contribution in [0.1, 0.15) is 0 Å². The van der Waals surface area contributed by atoms with E-state index in [1.54, 1.807) is 7.11 Å². The first-order valence-electron chi connectivity index (χ1n) is 4.70. The summed E-state index contributed by atoms with van der Waals surface area (Å²) in [4.78, 5) is 2.84. The van der Waals surface area contributed by atoms with E-state index in [0.29, 0.717) is 0 Å². The zero-order chi connectivity index (χ0) is 11.3. The van der Waals surface area contributed by atoms with Crippen molar-refractivity contribution in [3.8, 4) is 5.75 Å². The maximum absolute atomic E-state index is 5.19. The van der Waals surface area contributed by atoms with E-state index in [0.717, 1.165) is 23.0 Å². The highest BCUT2D eigenvalue weighted by Crippen LogP contribution is 2.14. The van der Waals surface area contributed by atoms with Gasteiger partial charge in [-0.15, -0.1) is 0 Å². The molecule has 0 heterocycles. The van der Waals surface area contributed by atoms with Gasteiger partial charge in [-0.3, -0.25) is 0 Å². The van der Waals surface area contributed by atoms with E-state index < -0.39 is 0 Å². The number of methoxy groups -OCH3 is 1. The number of anilines is 1. The van der Waals surface area contributed by atoms with Crippen molar-refractivity contribution in [2.45, 2.75) is 0 Å². The van der Waals surface area contributed by atoms with Crippen LogP contribution in [0.15, 0.2) is 24.3 Å². The monoisotopic (exact) mass is 224 g/mol. The molecule has 1 rings (SSSR count). The minimum Gasteiger partial charge on any atom is -0.497 e. The summed E-state index contributed by atoms with van der Waals surface area (Å²) in [6, 6.07) is 7.70. The Morgan fingerprint density at radius 1 is 1.33 bits per heavy atom. The molecule has 1 aromatic rings. The molecule has 1 N–H and O–H groups in total. The van der Waals surface area contributed by atoms with E-state index >= 15 is 0 Å². The fraction of sp³-hybridized carbons (Fsp3) is 0.364. The Balaban J connectivity index is 2.53. The first-order valence-corrected chi connectivity index (χ1v) is 5.11. The van der Waals surface area contributed by atoms with E-state index in [1.165, 1.54) is 0 Å². The van der Waals surface area contributed by atoms with Crippen LogP contribution < -0.4 is 10.1 Å². The lowest BCUT2D eigenvalue weighted by molar-refractivity contribution is 0.415. The molecular weight excluding hydrogens is 208 g/mol. The number of benzene rings is 1. The fourth-order valence-corrected chi connectivity index (χ4v) is 1.54. The number of ether oxygens (including phenoxy) is 1. The smallest absolute Gasteiger partial charge is 0.119 e. The number of hydrogen-bond acceptors (Lipinski definition) is 3. The molecule has 15 heavy (non-hydrogen) atoms. The van der Waals surface area contributed by atoms with Crippen molar-refractivity contribution in [1.82, 2.24) is 4.90 Å². The van der Waals surface area contributed by atoms with Gasteiger partial charge in [0.25, 0.3) is 0 Å². The maximum atomic E-state index is 5.19. The third-order valence-electron chi connectivity index (χ3n) is 1.83. The van der Waals surface area contributed by atoms with Gasteiger partial charge in [-0.1, -0.05) is 12.2 Å². The molecule has 0 atom stereocenters. The second-order valence-corrected chi connectivity index (χ2v) is 4.01. The van der Waals surface area contributed by atoms with E-state index in [4.69, 9.17) is 17.0 Å². The Morgan fingerprint density at radius 2 is 1.93 bits per heavy atom. The van der Waals surface area contributed by atoms with Crippen LogP contribution in [0.4, 0.5) is 5.69 Å². The molecule has 0 fully saturated rings. The van der Waals surface area contributed by atoms with Crippen LogP contribution in [0, 0.1) is 0 Å². The average molecular weight is 224 g/mol. The van der Waals surface area contributed by atoms with Gasteiger partial charge in [0.1, 0.15) is 5.75 Å². The predicted molar refractivity (Wildman–Crippen MR) is 67.8 cm³/mol. The van der Waals surface area contributed by atoms with Crippen molar-refractivity contribution in [3.05, 3.63) is 24.3 Å². The number of nitrogens with one attached hydrogen (secondary N) is 1. The van der Waals surface area contributed by atoms with Crippen LogP contribution in [-0.2, 0) is 0 Å². The van der Waals surface area contributed by atoms with Gasteiger partial charge in [0.05, 0.1) is 12.1 Å². The second kappa shape index (κ2) is 5.68. The molecule has 3 nitrogen and oxygen atoms in total. The van der Waals surface area contributed by atoms with Crippen LogP contribution >= 0.6 is 12.2 Å². The minimum absolute atomic E-state index is 0.751. The Morgan fingerprint density at radius 3 is 2.40 bits per heavy atom. The standard InChI is InChI=1S/C11H16N2OS/c1-13(2)8-11(15)12-9-4-6-10(14-3)7-5-9/h4-7H,8H2,1-3H3,(H,12,15). The zero-order valence-corrected chi connectivity index (χ0v) is 10.1. The lowest BCUT2D eigenvalue weighted by Gasteiger charge is -2.12. The molecule has 0 saturated heterocycles. The average Bonchev–Trinajstić information content (AvgIpc) is 2.17. The van der Waals surface area contributed by atoms with Gasteiger partial charge in [-0.05, 0) is 38.4 Å². The van der Waals surface area contributed by atoms with E-state index in [9.17, 15) is 0 Å². The van der Waals surface area contributed by atoms with Gasteiger partial charge in [-0.25, -0.2) is 0 Å². The van der Waals surface area contributed by atoms with Gasteiger partial charge in [-0.2, -0.15) is 0 Å². The molecular formula is C11H16N2OS. The molecule has 0 unspecified atom stereocenters. The highest BCUT2D eigenvalue weighted by molar-refractivity contribution is 7.80. The number of rotatable bonds is 4. The van der Waals surface area contributed by atoms with Crippen molar-refractivity contribution in [2.24, 2.45) is 0 Å². The summed E-state index contributed by atoms with van der Waals surface area (Å²) in [5.74, 6) is 0.846. The van der Waals surface area contributed by atoms with Gasteiger partial charge in [0.15, 0.2) is 0 Å². The SMILES string of the molecule is COc1ccc(NC(=S)CN(C)C)cc1. The lowest BCUT2D eigenvalue weighted by Crippen LogP contribution is -2.25. The molecule has 0 saturated carbocycles. The number of hydrogen-bond donors (Lipinski definition) is 1. The van der Waals surface area contributed by atoms with E-state index in [-0.39, 0.29) is 0 Å². The molecule has 0 bridgehead atoms. The van der Waals surface area contributed by atoms with Crippen LogP contribution in [0.5, 0.6) is 5.75 Å². The van der Waals surface area contributed by atoms with Crippen LogP contribution in [0.2, 0.25) is 0 Å². The Kier molecular flexibility index (Phi) is 4.52. The third kappa shape index (κ3) is 4.27. The largest absolute Gasteiger partial charge is 0.497 e. The molecule has 0 amide bonds. The summed E-state index contributed by atoms with van der Waals surface area (Å²) in [5.41, 5.74) is 0.989. The van der Waals surface area contributed by atoms with Crippen molar-refractivity contribution in [1.29, 1.82) is 0 Å². The van der Waals surface area contributed by atoms with Crippen LogP contribution in [0.25, 0.3) is 0 Å². The second-order valence-electron chi connectivity index (χ2n) is 3.51. The Bertz CT molecular complexity index is 322. The van der Waals surface area contributed by atoms with Crippen molar-refractivity contribution in [3.63, 3.8) is 0 Å². The molecule has 1 aromatic carbocycles. The number of nitrogens with zero attached hydrogens (tertiary/aromatic N) is 1. The third-order valence-corrected chi connectivity index (χ3v) is 2.06. The lowest BCUT2D eigenvalue weighted by atomic mass is 10.3. The molecule has 0 aliphatic carbocycles. The summed E-state index contributed by atoms with van der Waals surface area (Å²) in [7, 11) is 5.63. The topological polar surface area (TPSA) is 24.5 Å². The quantitative estimate of drug-likeness (QED) is 0.791. The van der Waals surface area contributed by atoms with Crippen LogP contribution in [-0.4, -0.2) is 37.6 Å². The molecule has 0 aliphatic rings. The Hall–Kier alpha value is -1.13. The summed E-state index contributed by atoms with van der Waals surface area (Å²) in [6.45, 7) is 0.751. The number of likely N-dealkylation sites (N-methyl/N-ethyl adjacent to an activating group) is 1. The Labute approximate surface area is 96.0 Å². The van der Waals surface area contributed by atoms with Gasteiger partial charge >= 0.3 is 0 Å². The summed E-state index contributed by atoms with van der Waals surface area (Å²) in [6.07, 6.45) is 0. The maximum Gasteiger partial charge on any atom is 0.119 e. The summed E-state index contributed by atoms with van der Waals surface area (Å²) < 4.78 is 5.07. The van der Waals surface area contributed by atoms with Gasteiger partial charge in [0.2, 0.25) is 0 Å². The zero-order valence-electron chi connectivity index (χ0n) is 9.28. The highest BCUT2D eigenvalue weighted by atomic mass is 32.1. The molecule has 0 aromatic heterocycles. The van der Waals surface area contributed by atoms with Crippen molar-refractivity contribution < 1.29 is 4.74 Å². The van der Waals surface area contributed by atoms with Crippen LogP contribution in [0.3, 0.4) is 0 Å². The van der Waals surface area contributed by atoms with Gasteiger partial charge in [0, 0.05) is 12.2 Å². The molecule has 0 spiro atoms. The molecule has 0 radical (unpaired) electrons. The van der Waals surface area contributed by atoms with Crippen molar-refractivity contribution >= 4 is 22.9 Å². The summed E-state index contributed by atoms with van der Waals surface area (Å²) in [5, 5.41) is 3.16. The normalized spacial score (nSPS) is 10.1. The molecule has 82 valence electrons. The molecule has 0 aliphatic heterocycles. The first-order chi connectivity index (χ1) is 7.11. The predicted octanol–water partition coefficient (Wildman–Crippen LogP) is 2.00. The molecule has 4 heteroatoms. The van der Waals surface area contributed by atoms with Crippen molar-refractivity contribution in [2.75, 3.05) is 33.1 Å². The summed E-state index contributed by atoms with van der Waals surface area (Å²) >= 11 is 5.19. The minimum atomic E-state index is 0.751. The van der Waals surface area contributed by atoms with Gasteiger partial charge < -0.3 is 15.0 Å². The van der Waals surface area contributed by atoms with E-state index in [2.05, 4.69) is 5.32 Å². The fourth-order valence-electron chi connectivity index (χ4n) is 1.16. The van der Waals surface area contributed by atoms with E-state index in [1.807, 2.05) is 43.3 Å². The highest BCUT2D eigenvalue weighted by Gasteiger charge is 1.99. The first kappa shape index (κ1) is 11.9.